The molecule has 2 aromatic rings. The van der Waals surface area contributed by atoms with Gasteiger partial charge in [0.15, 0.2) is 0 Å². The molecule has 0 aliphatic heterocycles. The lowest BCUT2D eigenvalue weighted by Crippen LogP contribution is -2.11. The van der Waals surface area contributed by atoms with E-state index in [1.54, 1.807) is 0 Å². The minimum Gasteiger partial charge on any atom is -0.493 e. The quantitative estimate of drug-likeness (QED) is 0.723. The highest BCUT2D eigenvalue weighted by Gasteiger charge is 2.11. The molecule has 4 heteroatoms. The maximum atomic E-state index is 6.30. The lowest BCUT2D eigenvalue weighted by molar-refractivity contribution is 0.338. The van der Waals surface area contributed by atoms with Gasteiger partial charge in [-0.2, -0.15) is 0 Å². The summed E-state index contributed by atoms with van der Waals surface area (Å²) in [6.07, 6.45) is 0. The zero-order valence-electron chi connectivity index (χ0n) is 10.6. The largest absolute Gasteiger partial charge is 0.493 e. The first kappa shape index (κ1) is 14.8. The van der Waals surface area contributed by atoms with Gasteiger partial charge in [0.05, 0.1) is 17.1 Å². The Labute approximate surface area is 135 Å². The summed E-state index contributed by atoms with van der Waals surface area (Å²) in [6, 6.07) is 14.1. The third-order valence-corrected chi connectivity index (χ3v) is 4.18. The number of nitrogens with two attached hydrogens (primary N) is 1. The van der Waals surface area contributed by atoms with E-state index in [2.05, 4.69) is 62.8 Å². The molecule has 0 bridgehead atoms. The van der Waals surface area contributed by atoms with Crippen molar-refractivity contribution in [2.45, 2.75) is 13.0 Å². The van der Waals surface area contributed by atoms with Gasteiger partial charge in [0.25, 0.3) is 0 Å². The molecule has 0 amide bonds. The number of benzene rings is 2. The summed E-state index contributed by atoms with van der Waals surface area (Å²) in [5.41, 5.74) is 8.47. The van der Waals surface area contributed by atoms with Gasteiger partial charge in [-0.1, -0.05) is 18.2 Å². The lowest BCUT2D eigenvalue weighted by atomic mass is 10.00. The van der Waals surface area contributed by atoms with E-state index in [0.29, 0.717) is 6.61 Å². The summed E-state index contributed by atoms with van der Waals surface area (Å²) in [5.74, 6) is 0.848. The van der Waals surface area contributed by atoms with E-state index < -0.39 is 0 Å². The summed E-state index contributed by atoms with van der Waals surface area (Å²) in [7, 11) is 0. The van der Waals surface area contributed by atoms with Crippen molar-refractivity contribution >= 4 is 38.5 Å². The highest BCUT2D eigenvalue weighted by atomic mass is 127. The molecule has 0 spiro atoms. The fourth-order valence-corrected chi connectivity index (χ4v) is 2.72. The number of hydrogen-bond acceptors (Lipinski definition) is 2. The Morgan fingerprint density at radius 2 is 1.79 bits per heavy atom. The molecule has 0 saturated heterocycles. The minimum absolute atomic E-state index is 0.121. The molecule has 2 aromatic carbocycles. The Morgan fingerprint density at radius 3 is 2.37 bits per heavy atom. The van der Waals surface area contributed by atoms with Gasteiger partial charge >= 0.3 is 0 Å². The second-order valence-corrected chi connectivity index (χ2v) is 6.25. The third-order valence-electron chi connectivity index (χ3n) is 2.84. The van der Waals surface area contributed by atoms with E-state index in [4.69, 9.17) is 10.5 Å². The van der Waals surface area contributed by atoms with Crippen molar-refractivity contribution in [1.29, 1.82) is 0 Å². The van der Waals surface area contributed by atoms with Crippen molar-refractivity contribution in [3.05, 3.63) is 61.6 Å². The molecule has 0 saturated carbocycles. The van der Waals surface area contributed by atoms with Gasteiger partial charge in [0, 0.05) is 3.57 Å². The molecule has 0 radical (unpaired) electrons. The third kappa shape index (κ3) is 3.70. The van der Waals surface area contributed by atoms with Gasteiger partial charge in [-0.25, -0.2) is 0 Å². The van der Waals surface area contributed by atoms with E-state index in [-0.39, 0.29) is 6.04 Å². The lowest BCUT2D eigenvalue weighted by Gasteiger charge is -2.14. The van der Waals surface area contributed by atoms with Gasteiger partial charge < -0.3 is 10.5 Å². The molecule has 2 nitrogen and oxygen atoms in total. The topological polar surface area (TPSA) is 35.2 Å². The van der Waals surface area contributed by atoms with Crippen molar-refractivity contribution in [3.8, 4) is 5.75 Å². The van der Waals surface area contributed by atoms with Gasteiger partial charge in [0.1, 0.15) is 5.75 Å². The predicted octanol–water partition coefficient (Wildman–Crippen LogP) is 4.50. The van der Waals surface area contributed by atoms with Gasteiger partial charge in [-0.3, -0.25) is 0 Å². The molecule has 1 unspecified atom stereocenters. The highest BCUT2D eigenvalue weighted by molar-refractivity contribution is 14.1. The van der Waals surface area contributed by atoms with Crippen molar-refractivity contribution in [2.75, 3.05) is 6.61 Å². The smallest absolute Gasteiger partial charge is 0.133 e. The molecule has 1 atom stereocenters. The van der Waals surface area contributed by atoms with Gasteiger partial charge in [-0.05, 0) is 80.8 Å². The monoisotopic (exact) mass is 431 g/mol. The van der Waals surface area contributed by atoms with Crippen LogP contribution in [0.25, 0.3) is 0 Å². The first-order chi connectivity index (χ1) is 9.11. The number of hydrogen-bond donors (Lipinski definition) is 1. The molecule has 100 valence electrons. The first-order valence-electron chi connectivity index (χ1n) is 6.05. The zero-order valence-corrected chi connectivity index (χ0v) is 14.3. The Kier molecular flexibility index (Phi) is 5.24. The molecular formula is C15H15BrINO. The Balaban J connectivity index is 2.26. The maximum Gasteiger partial charge on any atom is 0.133 e. The molecule has 0 aliphatic carbocycles. The van der Waals surface area contributed by atoms with Crippen LogP contribution in [0.3, 0.4) is 0 Å². The zero-order chi connectivity index (χ0) is 13.8. The minimum atomic E-state index is -0.121. The summed E-state index contributed by atoms with van der Waals surface area (Å²) in [5, 5.41) is 0. The molecule has 0 aliphatic rings. The average Bonchev–Trinajstić information content (AvgIpc) is 2.41. The van der Waals surface area contributed by atoms with Gasteiger partial charge in [-0.15, -0.1) is 0 Å². The van der Waals surface area contributed by atoms with Crippen LogP contribution in [0.5, 0.6) is 5.75 Å². The summed E-state index contributed by atoms with van der Waals surface area (Å²) >= 11 is 5.81. The first-order valence-corrected chi connectivity index (χ1v) is 7.92. The molecule has 19 heavy (non-hydrogen) atoms. The SMILES string of the molecule is CCOc1ccc(C(N)c2ccc(I)cc2)cc1Br. The van der Waals surface area contributed by atoms with Gasteiger partial charge in [0.2, 0.25) is 0 Å². The van der Waals surface area contributed by atoms with Crippen LogP contribution in [0, 0.1) is 3.57 Å². The van der Waals surface area contributed by atoms with E-state index in [1.165, 1.54) is 3.57 Å². The van der Waals surface area contributed by atoms with E-state index in [1.807, 2.05) is 25.1 Å². The molecule has 0 fully saturated rings. The summed E-state index contributed by atoms with van der Waals surface area (Å²) in [4.78, 5) is 0. The molecular weight excluding hydrogens is 417 g/mol. The fraction of sp³-hybridized carbons (Fsp3) is 0.200. The van der Waals surface area contributed by atoms with Crippen molar-refractivity contribution < 1.29 is 4.74 Å². The van der Waals surface area contributed by atoms with Crippen molar-refractivity contribution in [2.24, 2.45) is 5.73 Å². The fourth-order valence-electron chi connectivity index (χ4n) is 1.85. The standard InChI is InChI=1S/C15H15BrINO/c1-2-19-14-8-5-11(9-13(14)16)15(18)10-3-6-12(17)7-4-10/h3-9,15H,2,18H2,1H3. The highest BCUT2D eigenvalue weighted by Crippen LogP contribution is 2.30. The maximum absolute atomic E-state index is 6.30. The van der Waals surface area contributed by atoms with Crippen LogP contribution in [0.2, 0.25) is 0 Å². The van der Waals surface area contributed by atoms with Crippen LogP contribution in [0.1, 0.15) is 24.1 Å². The second-order valence-electron chi connectivity index (χ2n) is 4.15. The Hall–Kier alpha value is -0.590. The number of halogens is 2. The van der Waals surface area contributed by atoms with Crippen LogP contribution in [0.15, 0.2) is 46.9 Å². The van der Waals surface area contributed by atoms with E-state index >= 15 is 0 Å². The van der Waals surface area contributed by atoms with E-state index in [0.717, 1.165) is 21.3 Å². The molecule has 2 rings (SSSR count). The number of ether oxygens (including phenoxy) is 1. The van der Waals surface area contributed by atoms with Crippen LogP contribution < -0.4 is 10.5 Å². The van der Waals surface area contributed by atoms with E-state index in [9.17, 15) is 0 Å². The van der Waals surface area contributed by atoms with Crippen molar-refractivity contribution in [3.63, 3.8) is 0 Å². The van der Waals surface area contributed by atoms with Crippen LogP contribution >= 0.6 is 38.5 Å². The second kappa shape index (κ2) is 6.72. The average molecular weight is 432 g/mol. The Bertz CT molecular complexity index is 557. The summed E-state index contributed by atoms with van der Waals surface area (Å²) < 4.78 is 7.65. The molecule has 2 N–H and O–H groups in total. The predicted molar refractivity (Wildman–Crippen MR) is 90.5 cm³/mol. The van der Waals surface area contributed by atoms with Crippen LogP contribution in [-0.4, -0.2) is 6.61 Å². The molecule has 0 aromatic heterocycles. The number of rotatable bonds is 4. The van der Waals surface area contributed by atoms with Crippen LogP contribution in [0.4, 0.5) is 0 Å². The molecule has 0 heterocycles. The normalized spacial score (nSPS) is 12.2. The van der Waals surface area contributed by atoms with Crippen molar-refractivity contribution in [1.82, 2.24) is 0 Å². The van der Waals surface area contributed by atoms with Crippen LogP contribution in [-0.2, 0) is 0 Å². The Morgan fingerprint density at radius 1 is 1.16 bits per heavy atom. The summed E-state index contributed by atoms with van der Waals surface area (Å²) in [6.45, 7) is 2.62.